The Labute approximate surface area is 88.0 Å². The highest BCUT2D eigenvalue weighted by molar-refractivity contribution is 5.46. The molecule has 0 N–H and O–H groups in total. The summed E-state index contributed by atoms with van der Waals surface area (Å²) < 4.78 is 23.4. The van der Waals surface area contributed by atoms with Gasteiger partial charge in [-0.1, -0.05) is 0 Å². The van der Waals surface area contributed by atoms with E-state index in [1.165, 1.54) is 20.3 Å². The molecule has 0 heterocycles. The molecule has 0 fully saturated rings. The molecule has 0 radical (unpaired) electrons. The fourth-order valence-electron chi connectivity index (χ4n) is 1.24. The van der Waals surface area contributed by atoms with Gasteiger partial charge in [-0.25, -0.2) is 4.39 Å². The van der Waals surface area contributed by atoms with Crippen molar-refractivity contribution in [3.8, 4) is 11.8 Å². The predicted molar refractivity (Wildman–Crippen MR) is 53.1 cm³/mol. The van der Waals surface area contributed by atoms with Gasteiger partial charge < -0.3 is 9.47 Å². The Morgan fingerprint density at radius 1 is 1.40 bits per heavy atom. The van der Waals surface area contributed by atoms with Crippen LogP contribution in [0.4, 0.5) is 4.39 Å². The second kappa shape index (κ2) is 4.76. The van der Waals surface area contributed by atoms with E-state index in [4.69, 9.17) is 14.7 Å². The first-order chi connectivity index (χ1) is 7.13. The number of nitriles is 1. The van der Waals surface area contributed by atoms with E-state index in [-0.39, 0.29) is 17.4 Å². The van der Waals surface area contributed by atoms with Crippen molar-refractivity contribution in [2.45, 2.75) is 13.0 Å². The smallest absolute Gasteiger partial charge is 0.145 e. The number of nitrogens with zero attached hydrogens (tertiary/aromatic N) is 1. The minimum Gasteiger partial charge on any atom is -0.495 e. The molecule has 0 aromatic heterocycles. The zero-order valence-electron chi connectivity index (χ0n) is 8.87. The summed E-state index contributed by atoms with van der Waals surface area (Å²) in [7, 11) is 2.93. The van der Waals surface area contributed by atoms with E-state index in [9.17, 15) is 4.39 Å². The topological polar surface area (TPSA) is 42.2 Å². The van der Waals surface area contributed by atoms with Gasteiger partial charge in [-0.15, -0.1) is 0 Å². The Morgan fingerprint density at radius 2 is 2.07 bits per heavy atom. The normalized spacial score (nSPS) is 11.9. The molecule has 0 saturated carbocycles. The third-order valence-corrected chi connectivity index (χ3v) is 2.23. The van der Waals surface area contributed by atoms with Gasteiger partial charge in [0, 0.05) is 7.11 Å². The summed E-state index contributed by atoms with van der Waals surface area (Å²) in [4.78, 5) is 0. The third kappa shape index (κ3) is 2.25. The molecule has 1 unspecified atom stereocenters. The quantitative estimate of drug-likeness (QED) is 0.767. The van der Waals surface area contributed by atoms with Crippen molar-refractivity contribution in [1.82, 2.24) is 0 Å². The van der Waals surface area contributed by atoms with E-state index in [1.807, 2.05) is 0 Å². The van der Waals surface area contributed by atoms with Crippen LogP contribution in [-0.2, 0) is 4.74 Å². The predicted octanol–water partition coefficient (Wildman–Crippen LogP) is 2.41. The van der Waals surface area contributed by atoms with Crippen molar-refractivity contribution in [3.63, 3.8) is 0 Å². The van der Waals surface area contributed by atoms with Crippen molar-refractivity contribution < 1.29 is 13.9 Å². The van der Waals surface area contributed by atoms with Gasteiger partial charge in [0.25, 0.3) is 0 Å². The molecule has 0 aliphatic heterocycles. The minimum atomic E-state index is -0.587. The lowest BCUT2D eigenvalue weighted by atomic mass is 10.1. The summed E-state index contributed by atoms with van der Waals surface area (Å²) in [6, 6.07) is 4.65. The number of hydrogen-bond donors (Lipinski definition) is 0. The monoisotopic (exact) mass is 209 g/mol. The van der Waals surface area contributed by atoms with Gasteiger partial charge in [0.1, 0.15) is 23.2 Å². The van der Waals surface area contributed by atoms with Gasteiger partial charge in [0.05, 0.1) is 13.2 Å². The molecule has 80 valence electrons. The molecule has 0 aliphatic rings. The first-order valence-electron chi connectivity index (χ1n) is 4.44. The molecule has 4 heteroatoms. The van der Waals surface area contributed by atoms with Crippen molar-refractivity contribution in [2.24, 2.45) is 0 Å². The van der Waals surface area contributed by atoms with Gasteiger partial charge >= 0.3 is 0 Å². The van der Waals surface area contributed by atoms with Gasteiger partial charge in [0.15, 0.2) is 0 Å². The van der Waals surface area contributed by atoms with Crippen LogP contribution in [0, 0.1) is 17.1 Å². The van der Waals surface area contributed by atoms with Crippen LogP contribution in [0.25, 0.3) is 0 Å². The third-order valence-electron chi connectivity index (χ3n) is 2.23. The maximum absolute atomic E-state index is 13.4. The van der Waals surface area contributed by atoms with Crippen molar-refractivity contribution in [1.29, 1.82) is 5.26 Å². The van der Waals surface area contributed by atoms with Crippen molar-refractivity contribution >= 4 is 0 Å². The number of ether oxygens (including phenoxy) is 2. The number of benzene rings is 1. The van der Waals surface area contributed by atoms with Crippen LogP contribution in [0.2, 0.25) is 0 Å². The Hall–Kier alpha value is -1.60. The minimum absolute atomic E-state index is 0.0791. The fraction of sp³-hybridized carbons (Fsp3) is 0.364. The molecule has 0 saturated heterocycles. The molecular formula is C11H12FNO2. The number of halogens is 1. The molecule has 1 atom stereocenters. The van der Waals surface area contributed by atoms with Crippen LogP contribution in [-0.4, -0.2) is 14.2 Å². The molecule has 0 aliphatic carbocycles. The molecule has 0 amide bonds. The maximum Gasteiger partial charge on any atom is 0.145 e. The summed E-state index contributed by atoms with van der Waals surface area (Å²) in [5.74, 6) is -0.354. The SMILES string of the molecule is COc1cc(C(C)OC)cc(F)c1C#N. The van der Waals surface area contributed by atoms with Gasteiger partial charge in [0.2, 0.25) is 0 Å². The van der Waals surface area contributed by atoms with E-state index in [1.54, 1.807) is 19.1 Å². The summed E-state index contributed by atoms with van der Waals surface area (Å²) in [5.41, 5.74) is 0.565. The Balaban J connectivity index is 3.27. The number of methoxy groups -OCH3 is 2. The van der Waals surface area contributed by atoms with Crippen LogP contribution in [0.1, 0.15) is 24.2 Å². The van der Waals surface area contributed by atoms with Crippen molar-refractivity contribution in [2.75, 3.05) is 14.2 Å². The highest BCUT2D eigenvalue weighted by Gasteiger charge is 2.14. The van der Waals surface area contributed by atoms with Crippen LogP contribution in [0.3, 0.4) is 0 Å². The zero-order chi connectivity index (χ0) is 11.4. The summed E-state index contributed by atoms with van der Waals surface area (Å²) in [6.45, 7) is 1.79. The second-order valence-electron chi connectivity index (χ2n) is 3.07. The van der Waals surface area contributed by atoms with E-state index in [0.29, 0.717) is 5.56 Å². The Bertz CT molecular complexity index is 398. The summed E-state index contributed by atoms with van der Waals surface area (Å²) >= 11 is 0. The average Bonchev–Trinajstić information content (AvgIpc) is 2.26. The van der Waals surface area contributed by atoms with E-state index in [2.05, 4.69) is 0 Å². The van der Waals surface area contributed by atoms with Crippen LogP contribution in [0.15, 0.2) is 12.1 Å². The standard InChI is InChI=1S/C11H12FNO2/c1-7(14-2)8-4-10(12)9(6-13)11(5-8)15-3/h4-5,7H,1-3H3. The molecule has 0 bridgehead atoms. The summed E-state index contributed by atoms with van der Waals surface area (Å²) in [5, 5.41) is 8.72. The molecule has 1 rings (SSSR count). The van der Waals surface area contributed by atoms with Gasteiger partial charge in [-0.05, 0) is 24.6 Å². The Morgan fingerprint density at radius 3 is 2.53 bits per heavy atom. The molecule has 3 nitrogen and oxygen atoms in total. The molecule has 0 spiro atoms. The van der Waals surface area contributed by atoms with E-state index in [0.717, 1.165) is 0 Å². The highest BCUT2D eigenvalue weighted by Crippen LogP contribution is 2.27. The first-order valence-corrected chi connectivity index (χ1v) is 4.44. The lowest BCUT2D eigenvalue weighted by Gasteiger charge is -2.12. The molecule has 15 heavy (non-hydrogen) atoms. The first kappa shape index (κ1) is 11.5. The van der Waals surface area contributed by atoms with E-state index < -0.39 is 5.82 Å². The zero-order valence-corrected chi connectivity index (χ0v) is 8.87. The van der Waals surface area contributed by atoms with Crippen LogP contribution < -0.4 is 4.74 Å². The number of hydrogen-bond acceptors (Lipinski definition) is 3. The lowest BCUT2D eigenvalue weighted by molar-refractivity contribution is 0.119. The number of rotatable bonds is 3. The average molecular weight is 209 g/mol. The molecular weight excluding hydrogens is 197 g/mol. The second-order valence-corrected chi connectivity index (χ2v) is 3.07. The lowest BCUT2D eigenvalue weighted by Crippen LogP contribution is -2.00. The van der Waals surface area contributed by atoms with Crippen LogP contribution in [0.5, 0.6) is 5.75 Å². The Kier molecular flexibility index (Phi) is 3.64. The fourth-order valence-corrected chi connectivity index (χ4v) is 1.24. The largest absolute Gasteiger partial charge is 0.495 e. The van der Waals surface area contributed by atoms with Gasteiger partial charge in [-0.3, -0.25) is 0 Å². The van der Waals surface area contributed by atoms with Crippen LogP contribution >= 0.6 is 0 Å². The summed E-state index contributed by atoms with van der Waals surface area (Å²) in [6.07, 6.45) is -0.235. The van der Waals surface area contributed by atoms with Gasteiger partial charge in [-0.2, -0.15) is 5.26 Å². The van der Waals surface area contributed by atoms with E-state index >= 15 is 0 Å². The maximum atomic E-state index is 13.4. The molecule has 1 aromatic rings. The highest BCUT2D eigenvalue weighted by atomic mass is 19.1. The van der Waals surface area contributed by atoms with Crippen molar-refractivity contribution in [3.05, 3.63) is 29.1 Å². The molecule has 1 aromatic carbocycles.